The summed E-state index contributed by atoms with van der Waals surface area (Å²) in [6.07, 6.45) is 47.4. The summed E-state index contributed by atoms with van der Waals surface area (Å²) in [6, 6.07) is 0. The van der Waals surface area contributed by atoms with Crippen LogP contribution < -0.4 is 0 Å². The van der Waals surface area contributed by atoms with Crippen LogP contribution in [0.3, 0.4) is 0 Å². The van der Waals surface area contributed by atoms with Gasteiger partial charge in [-0.05, 0) is 77.0 Å². The molecule has 1 atom stereocenters. The summed E-state index contributed by atoms with van der Waals surface area (Å²) in [5.74, 6) is -1.00. The summed E-state index contributed by atoms with van der Waals surface area (Å²) in [4.78, 5) is 42.6. The highest BCUT2D eigenvalue weighted by atomic mass is 31.2. The normalized spacial score (nSPS) is 13.4. The number of phosphoric ester groups is 1. The van der Waals surface area contributed by atoms with Gasteiger partial charge in [-0.15, -0.1) is 0 Å². The maximum Gasteiger partial charge on any atom is 0.469 e. The number of hydrogen-bond donors (Lipinski definition) is 2. The molecule has 2 N–H and O–H groups in total. The summed E-state index contributed by atoms with van der Waals surface area (Å²) in [5, 5.41) is 0. The molecule has 0 aliphatic heterocycles. The second-order valence-electron chi connectivity index (χ2n) is 12.2. The highest BCUT2D eigenvalue weighted by Crippen LogP contribution is 2.35. The quantitative estimate of drug-likeness (QED) is 0.0298. The highest BCUT2D eigenvalue weighted by molar-refractivity contribution is 7.46. The molecule has 0 aromatic rings. The molecular weight excluding hydrogens is 651 g/mol. The van der Waals surface area contributed by atoms with Gasteiger partial charge in [-0.2, -0.15) is 0 Å². The first-order valence-electron chi connectivity index (χ1n) is 18.9. The molecule has 0 saturated heterocycles. The van der Waals surface area contributed by atoms with E-state index in [1.165, 1.54) is 25.7 Å². The lowest BCUT2D eigenvalue weighted by Crippen LogP contribution is -2.29. The van der Waals surface area contributed by atoms with Gasteiger partial charge in [0.05, 0.1) is 6.61 Å². The molecule has 0 aromatic heterocycles. The van der Waals surface area contributed by atoms with Gasteiger partial charge in [-0.3, -0.25) is 14.1 Å². The number of carbonyl (C=O) groups is 2. The van der Waals surface area contributed by atoms with Crippen molar-refractivity contribution >= 4 is 19.8 Å². The smallest absolute Gasteiger partial charge is 0.462 e. The van der Waals surface area contributed by atoms with Crippen molar-refractivity contribution in [3.05, 3.63) is 85.1 Å². The van der Waals surface area contributed by atoms with E-state index in [4.69, 9.17) is 19.3 Å². The predicted molar refractivity (Wildman–Crippen MR) is 207 cm³/mol. The zero-order chi connectivity index (χ0) is 36.8. The molecule has 0 spiro atoms. The number of phosphoric acid groups is 1. The fraction of sp³-hybridized carbons (Fsp3) is 0.610. The molecule has 0 amide bonds. The number of ether oxygens (including phenoxy) is 2. The first kappa shape index (κ1) is 47.2. The average molecular weight is 719 g/mol. The van der Waals surface area contributed by atoms with E-state index >= 15 is 0 Å². The van der Waals surface area contributed by atoms with Gasteiger partial charge in [0, 0.05) is 12.8 Å². The summed E-state index contributed by atoms with van der Waals surface area (Å²) in [7, 11) is -4.78. The van der Waals surface area contributed by atoms with Crippen LogP contribution in [0.25, 0.3) is 0 Å². The fourth-order valence-electron chi connectivity index (χ4n) is 4.63. The molecule has 0 fully saturated rings. The Morgan fingerprint density at radius 2 is 1.00 bits per heavy atom. The zero-order valence-electron chi connectivity index (χ0n) is 31.0. The van der Waals surface area contributed by atoms with Gasteiger partial charge in [0.15, 0.2) is 6.10 Å². The summed E-state index contributed by atoms with van der Waals surface area (Å²) >= 11 is 0. The monoisotopic (exact) mass is 718 g/mol. The summed E-state index contributed by atoms with van der Waals surface area (Å²) < 4.78 is 26.2. The van der Waals surface area contributed by atoms with Gasteiger partial charge in [-0.1, -0.05) is 137 Å². The third-order valence-electron chi connectivity index (χ3n) is 7.41. The van der Waals surface area contributed by atoms with E-state index in [0.717, 1.165) is 77.0 Å². The maximum absolute atomic E-state index is 12.3. The topological polar surface area (TPSA) is 119 Å². The number of allylic oxidation sites excluding steroid dienone is 14. The molecule has 0 saturated carbocycles. The van der Waals surface area contributed by atoms with Crippen LogP contribution in [-0.4, -0.2) is 41.0 Å². The third-order valence-corrected chi connectivity index (χ3v) is 7.90. The fourth-order valence-corrected chi connectivity index (χ4v) is 4.99. The minimum atomic E-state index is -4.78. The molecule has 0 radical (unpaired) electrons. The van der Waals surface area contributed by atoms with E-state index < -0.39 is 32.5 Å². The number of esters is 2. The molecule has 0 aromatic carbocycles. The van der Waals surface area contributed by atoms with Gasteiger partial charge >= 0.3 is 19.8 Å². The van der Waals surface area contributed by atoms with E-state index in [-0.39, 0.29) is 19.4 Å². The zero-order valence-corrected chi connectivity index (χ0v) is 31.9. The number of rotatable bonds is 33. The Balaban J connectivity index is 4.15. The van der Waals surface area contributed by atoms with Crippen LogP contribution in [0.5, 0.6) is 0 Å². The van der Waals surface area contributed by atoms with E-state index in [0.29, 0.717) is 12.8 Å². The molecule has 0 heterocycles. The van der Waals surface area contributed by atoms with E-state index in [1.807, 2.05) is 12.2 Å². The Kier molecular flexibility index (Phi) is 34.0. The molecular formula is C41H67O8P. The van der Waals surface area contributed by atoms with E-state index in [1.54, 1.807) is 0 Å². The van der Waals surface area contributed by atoms with E-state index in [2.05, 4.69) is 91.3 Å². The third kappa shape index (κ3) is 38.0. The van der Waals surface area contributed by atoms with E-state index in [9.17, 15) is 14.2 Å². The number of carbonyl (C=O) groups excluding carboxylic acids is 2. The van der Waals surface area contributed by atoms with Crippen LogP contribution >= 0.6 is 7.82 Å². The van der Waals surface area contributed by atoms with Gasteiger partial charge in [0.2, 0.25) is 0 Å². The molecule has 0 unspecified atom stereocenters. The van der Waals surface area contributed by atoms with Gasteiger partial charge in [0.25, 0.3) is 0 Å². The molecule has 9 heteroatoms. The van der Waals surface area contributed by atoms with Crippen LogP contribution in [0.2, 0.25) is 0 Å². The van der Waals surface area contributed by atoms with Crippen LogP contribution in [0, 0.1) is 0 Å². The Hall–Kier alpha value is -2.77. The number of unbranched alkanes of at least 4 members (excludes halogenated alkanes) is 9. The van der Waals surface area contributed by atoms with Crippen molar-refractivity contribution in [1.29, 1.82) is 0 Å². The van der Waals surface area contributed by atoms with Gasteiger partial charge in [-0.25, -0.2) is 4.57 Å². The number of hydrogen-bond acceptors (Lipinski definition) is 6. The first-order chi connectivity index (χ1) is 24.3. The Labute approximate surface area is 303 Å². The van der Waals surface area contributed by atoms with Crippen LogP contribution in [0.1, 0.15) is 142 Å². The minimum Gasteiger partial charge on any atom is -0.462 e. The lowest BCUT2D eigenvalue weighted by molar-refractivity contribution is -0.161. The van der Waals surface area contributed by atoms with Crippen molar-refractivity contribution in [1.82, 2.24) is 0 Å². The second-order valence-corrected chi connectivity index (χ2v) is 13.4. The highest BCUT2D eigenvalue weighted by Gasteiger charge is 2.22. The largest absolute Gasteiger partial charge is 0.469 e. The SMILES string of the molecule is CC/C=C\C/C=C\C/C=C\C/C=C\C/C=C\C/C=C\CCC(=O)O[C@H](COC(=O)CCCCCCC/C=C\CCCCCC)COP(=O)(O)O. The minimum absolute atomic E-state index is 0.0806. The van der Waals surface area contributed by atoms with Crippen molar-refractivity contribution in [2.24, 2.45) is 0 Å². The van der Waals surface area contributed by atoms with Gasteiger partial charge < -0.3 is 19.3 Å². The molecule has 50 heavy (non-hydrogen) atoms. The first-order valence-corrected chi connectivity index (χ1v) is 20.4. The Morgan fingerprint density at radius 1 is 0.540 bits per heavy atom. The Morgan fingerprint density at radius 3 is 1.52 bits per heavy atom. The molecule has 0 aliphatic carbocycles. The second kappa shape index (κ2) is 36.0. The summed E-state index contributed by atoms with van der Waals surface area (Å²) in [6.45, 7) is 3.46. The van der Waals surface area contributed by atoms with Crippen LogP contribution in [0.4, 0.5) is 0 Å². The average Bonchev–Trinajstić information content (AvgIpc) is 3.08. The van der Waals surface area contributed by atoms with Crippen molar-refractivity contribution in [2.75, 3.05) is 13.2 Å². The van der Waals surface area contributed by atoms with Crippen molar-refractivity contribution < 1.29 is 37.9 Å². The molecule has 0 aliphatic rings. The molecule has 0 rings (SSSR count). The predicted octanol–water partition coefficient (Wildman–Crippen LogP) is 11.3. The molecule has 284 valence electrons. The molecule has 8 nitrogen and oxygen atoms in total. The van der Waals surface area contributed by atoms with Gasteiger partial charge in [0.1, 0.15) is 6.61 Å². The van der Waals surface area contributed by atoms with Crippen LogP contribution in [-0.2, 0) is 28.2 Å². The summed E-state index contributed by atoms with van der Waals surface area (Å²) in [5.41, 5.74) is 0. The lowest BCUT2D eigenvalue weighted by atomic mass is 10.1. The van der Waals surface area contributed by atoms with Crippen LogP contribution in [0.15, 0.2) is 85.1 Å². The lowest BCUT2D eigenvalue weighted by Gasteiger charge is -2.18. The Bertz CT molecular complexity index is 1080. The molecule has 0 bridgehead atoms. The van der Waals surface area contributed by atoms with Crippen molar-refractivity contribution in [3.8, 4) is 0 Å². The maximum atomic E-state index is 12.3. The standard InChI is InChI=1S/C41H67O8P/c1-3-5-7-9-11-13-15-17-18-19-20-21-22-24-26-28-30-32-34-36-41(43)49-39(38-48-50(44,45)46)37-47-40(42)35-33-31-29-27-25-23-16-14-12-10-8-6-4-2/h5,7,11,13-14,16-18,20-21,24,26,30,32,39H,3-4,6,8-10,12,15,19,22-23,25,27-29,31,33-38H2,1-2H3,(H2,44,45,46)/b7-5-,13-11-,16-14-,18-17-,21-20-,26-24-,32-30-/t39-/m1/s1. The van der Waals surface area contributed by atoms with Crippen molar-refractivity contribution in [3.63, 3.8) is 0 Å². The van der Waals surface area contributed by atoms with Crippen molar-refractivity contribution in [2.45, 2.75) is 148 Å².